The first-order valence-electron chi connectivity index (χ1n) is 4.86. The number of hydrogen-bond acceptors (Lipinski definition) is 4. The van der Waals surface area contributed by atoms with Gasteiger partial charge in [0.15, 0.2) is 0 Å². The van der Waals surface area contributed by atoms with Gasteiger partial charge in [-0.05, 0) is 18.1 Å². The van der Waals surface area contributed by atoms with E-state index in [0.29, 0.717) is 11.7 Å². The predicted molar refractivity (Wildman–Crippen MR) is 64.5 cm³/mol. The highest BCUT2D eigenvalue weighted by atomic mass is 32.2. The first-order valence-corrected chi connectivity index (χ1v) is 7.97. The molecule has 0 saturated carbocycles. The molecule has 0 saturated heterocycles. The Morgan fingerprint density at radius 2 is 1.93 bits per heavy atom. The van der Waals surface area contributed by atoms with Gasteiger partial charge in [0.05, 0.1) is 0 Å². The first-order chi connectivity index (χ1) is 6.31. The molecule has 0 aliphatic carbocycles. The Morgan fingerprint density at radius 1 is 1.36 bits per heavy atom. The van der Waals surface area contributed by atoms with Crippen LogP contribution in [0.15, 0.2) is 0 Å². The summed E-state index contributed by atoms with van der Waals surface area (Å²) >= 11 is 1.82. The maximum absolute atomic E-state index is 10.8. The Bertz CT molecular complexity index is 237. The Hall–Kier alpha value is 0.260. The van der Waals surface area contributed by atoms with Crippen molar-refractivity contribution in [3.05, 3.63) is 0 Å². The van der Waals surface area contributed by atoms with Crippen LogP contribution in [0.1, 0.15) is 26.7 Å². The molecular weight excluding hydrogens is 218 g/mol. The SMILES string of the molecule is CC(C)SCC(N)CCCS(C)(=O)=O. The highest BCUT2D eigenvalue weighted by molar-refractivity contribution is 7.99. The summed E-state index contributed by atoms with van der Waals surface area (Å²) in [6, 6.07) is 0.129. The zero-order valence-electron chi connectivity index (χ0n) is 9.19. The summed E-state index contributed by atoms with van der Waals surface area (Å²) in [6.45, 7) is 4.27. The predicted octanol–water partition coefficient (Wildman–Crippen LogP) is 1.28. The minimum absolute atomic E-state index is 0.129. The van der Waals surface area contributed by atoms with E-state index in [4.69, 9.17) is 5.73 Å². The maximum atomic E-state index is 10.8. The van der Waals surface area contributed by atoms with Crippen LogP contribution >= 0.6 is 11.8 Å². The number of hydrogen-bond donors (Lipinski definition) is 1. The van der Waals surface area contributed by atoms with Crippen LogP contribution in [0.5, 0.6) is 0 Å². The Morgan fingerprint density at radius 3 is 2.36 bits per heavy atom. The third-order valence-electron chi connectivity index (χ3n) is 1.73. The lowest BCUT2D eigenvalue weighted by Crippen LogP contribution is -2.24. The third kappa shape index (κ3) is 10.3. The van der Waals surface area contributed by atoms with Crippen LogP contribution < -0.4 is 5.73 Å². The Kier molecular flexibility index (Phi) is 6.81. The summed E-state index contributed by atoms with van der Waals surface area (Å²) in [6.07, 6.45) is 2.74. The molecule has 0 aromatic carbocycles. The van der Waals surface area contributed by atoms with Gasteiger partial charge in [0.2, 0.25) is 0 Å². The van der Waals surface area contributed by atoms with Crippen LogP contribution in [0, 0.1) is 0 Å². The van der Waals surface area contributed by atoms with Crippen molar-refractivity contribution in [3.8, 4) is 0 Å². The van der Waals surface area contributed by atoms with Gasteiger partial charge in [0, 0.05) is 23.8 Å². The molecule has 0 rings (SSSR count). The molecule has 1 atom stereocenters. The number of nitrogens with two attached hydrogens (primary N) is 1. The highest BCUT2D eigenvalue weighted by Crippen LogP contribution is 2.12. The van der Waals surface area contributed by atoms with Gasteiger partial charge < -0.3 is 5.73 Å². The maximum Gasteiger partial charge on any atom is 0.147 e. The fourth-order valence-corrected chi connectivity index (χ4v) is 2.50. The molecule has 1 unspecified atom stereocenters. The molecule has 0 heterocycles. The van der Waals surface area contributed by atoms with E-state index in [1.54, 1.807) is 0 Å². The van der Waals surface area contributed by atoms with Crippen molar-refractivity contribution in [1.82, 2.24) is 0 Å². The van der Waals surface area contributed by atoms with Gasteiger partial charge in [-0.1, -0.05) is 13.8 Å². The zero-order chi connectivity index (χ0) is 11.2. The molecule has 0 radical (unpaired) electrons. The van der Waals surface area contributed by atoms with Crippen molar-refractivity contribution in [2.45, 2.75) is 38.0 Å². The normalized spacial score (nSPS) is 14.6. The quantitative estimate of drug-likeness (QED) is 0.727. The Balaban J connectivity index is 3.50. The molecule has 3 nitrogen and oxygen atoms in total. The van der Waals surface area contributed by atoms with Crippen molar-refractivity contribution in [2.75, 3.05) is 17.8 Å². The number of rotatable bonds is 7. The smallest absolute Gasteiger partial charge is 0.147 e. The minimum Gasteiger partial charge on any atom is -0.327 e. The van der Waals surface area contributed by atoms with E-state index in [2.05, 4.69) is 13.8 Å². The van der Waals surface area contributed by atoms with Crippen molar-refractivity contribution in [1.29, 1.82) is 0 Å². The summed E-state index contributed by atoms with van der Waals surface area (Å²) in [5, 5.41) is 0.593. The second kappa shape index (κ2) is 6.69. The monoisotopic (exact) mass is 239 g/mol. The second-order valence-electron chi connectivity index (χ2n) is 3.91. The van der Waals surface area contributed by atoms with Crippen molar-refractivity contribution >= 4 is 21.6 Å². The Labute approximate surface area is 91.7 Å². The summed E-state index contributed by atoms with van der Waals surface area (Å²) in [4.78, 5) is 0. The van der Waals surface area contributed by atoms with E-state index in [9.17, 15) is 8.42 Å². The number of thioether (sulfide) groups is 1. The van der Waals surface area contributed by atoms with E-state index in [0.717, 1.165) is 12.2 Å². The lowest BCUT2D eigenvalue weighted by Gasteiger charge is -2.12. The van der Waals surface area contributed by atoms with E-state index < -0.39 is 9.84 Å². The molecule has 0 bridgehead atoms. The van der Waals surface area contributed by atoms with Crippen LogP contribution in [-0.4, -0.2) is 37.5 Å². The first kappa shape index (κ1) is 14.3. The van der Waals surface area contributed by atoms with Gasteiger partial charge in [0.1, 0.15) is 9.84 Å². The van der Waals surface area contributed by atoms with Crippen LogP contribution in [0.2, 0.25) is 0 Å². The van der Waals surface area contributed by atoms with Crippen molar-refractivity contribution in [2.24, 2.45) is 5.73 Å². The summed E-state index contributed by atoms with van der Waals surface area (Å²) in [7, 11) is -2.81. The van der Waals surface area contributed by atoms with E-state index >= 15 is 0 Å². The lowest BCUT2D eigenvalue weighted by atomic mass is 10.2. The molecule has 0 aliphatic heterocycles. The molecule has 0 aliphatic rings. The lowest BCUT2D eigenvalue weighted by molar-refractivity contribution is 0.591. The highest BCUT2D eigenvalue weighted by Gasteiger charge is 2.07. The van der Waals surface area contributed by atoms with E-state index in [-0.39, 0.29) is 11.8 Å². The summed E-state index contributed by atoms with van der Waals surface area (Å²) < 4.78 is 21.7. The largest absolute Gasteiger partial charge is 0.327 e. The summed E-state index contributed by atoms with van der Waals surface area (Å²) in [5.41, 5.74) is 5.84. The fraction of sp³-hybridized carbons (Fsp3) is 1.00. The molecule has 0 aromatic rings. The van der Waals surface area contributed by atoms with Crippen LogP contribution in [0.25, 0.3) is 0 Å². The molecule has 0 amide bonds. The molecular formula is C9H21NO2S2. The molecule has 2 N–H and O–H groups in total. The molecule has 0 spiro atoms. The van der Waals surface area contributed by atoms with Crippen LogP contribution in [0.4, 0.5) is 0 Å². The van der Waals surface area contributed by atoms with Crippen LogP contribution in [0.3, 0.4) is 0 Å². The third-order valence-corrected chi connectivity index (χ3v) is 4.05. The van der Waals surface area contributed by atoms with Crippen molar-refractivity contribution < 1.29 is 8.42 Å². The minimum atomic E-state index is -2.81. The van der Waals surface area contributed by atoms with E-state index in [1.807, 2.05) is 11.8 Å². The molecule has 86 valence electrons. The molecule has 14 heavy (non-hydrogen) atoms. The zero-order valence-corrected chi connectivity index (χ0v) is 10.8. The number of sulfone groups is 1. The van der Waals surface area contributed by atoms with Gasteiger partial charge in [-0.25, -0.2) is 8.42 Å². The second-order valence-corrected chi connectivity index (χ2v) is 7.78. The van der Waals surface area contributed by atoms with Crippen molar-refractivity contribution in [3.63, 3.8) is 0 Å². The fourth-order valence-electron chi connectivity index (χ4n) is 1.01. The molecule has 0 aromatic heterocycles. The van der Waals surface area contributed by atoms with Crippen LogP contribution in [-0.2, 0) is 9.84 Å². The van der Waals surface area contributed by atoms with Gasteiger partial charge in [-0.2, -0.15) is 11.8 Å². The standard InChI is InChI=1S/C9H21NO2S2/c1-8(2)13-7-9(10)5-4-6-14(3,11)12/h8-9H,4-7,10H2,1-3H3. The topological polar surface area (TPSA) is 60.2 Å². The molecule has 0 fully saturated rings. The van der Waals surface area contributed by atoms with Gasteiger partial charge in [-0.3, -0.25) is 0 Å². The van der Waals surface area contributed by atoms with E-state index in [1.165, 1.54) is 6.26 Å². The van der Waals surface area contributed by atoms with Gasteiger partial charge in [-0.15, -0.1) is 0 Å². The van der Waals surface area contributed by atoms with Gasteiger partial charge in [0.25, 0.3) is 0 Å². The average Bonchev–Trinajstić information content (AvgIpc) is 1.98. The summed E-state index contributed by atoms with van der Waals surface area (Å²) in [5.74, 6) is 1.18. The average molecular weight is 239 g/mol. The van der Waals surface area contributed by atoms with Gasteiger partial charge >= 0.3 is 0 Å². The molecule has 5 heteroatoms.